The van der Waals surface area contributed by atoms with Crippen LogP contribution in [0.2, 0.25) is 10.0 Å². The van der Waals surface area contributed by atoms with Gasteiger partial charge in [-0.2, -0.15) is 0 Å². The van der Waals surface area contributed by atoms with Crippen LogP contribution in [0.3, 0.4) is 0 Å². The van der Waals surface area contributed by atoms with Gasteiger partial charge in [-0.25, -0.2) is 29.1 Å². The molecule has 14 nitrogen and oxygen atoms in total. The molecule has 1 aliphatic carbocycles. The summed E-state index contributed by atoms with van der Waals surface area (Å²) in [5, 5.41) is 12.2. The zero-order chi connectivity index (χ0) is 50.6. The number of carboxylic acid groups (broad SMARTS) is 1. The van der Waals surface area contributed by atoms with Gasteiger partial charge < -0.3 is 38.4 Å². The van der Waals surface area contributed by atoms with Crippen molar-refractivity contribution in [3.63, 3.8) is 0 Å². The van der Waals surface area contributed by atoms with Gasteiger partial charge in [-0.1, -0.05) is 47.5 Å². The zero-order valence-corrected chi connectivity index (χ0v) is 43.7. The van der Waals surface area contributed by atoms with E-state index in [1.165, 1.54) is 29.8 Å². The SMILES string of the molecule is Cc1c(Cl)c2c(Cl)c(C)c1-c1c(-c3ccc(F)cc3)sc3ncnc(c13)O[C@@H](C(=O)O)Cc1cc(ccc1OCc1ccnc([C@H]3CC[C@H](COC[C@@H]4COCCO4)CC3)n1)CC[C@@H](CN1CCN(C)CC1)O2. The molecule has 18 heteroatoms. The topological polar surface area (TPSA) is 151 Å². The lowest BCUT2D eigenvalue weighted by Crippen LogP contribution is -2.48. The van der Waals surface area contributed by atoms with E-state index in [1.54, 1.807) is 18.3 Å². The van der Waals surface area contributed by atoms with Gasteiger partial charge in [-0.15, -0.1) is 11.3 Å². The summed E-state index contributed by atoms with van der Waals surface area (Å²) in [5.41, 5.74) is 5.79. The lowest BCUT2D eigenvalue weighted by atomic mass is 9.82. The number of piperazine rings is 1. The molecule has 3 aromatic heterocycles. The van der Waals surface area contributed by atoms with E-state index in [2.05, 4.69) is 26.8 Å². The van der Waals surface area contributed by atoms with Crippen LogP contribution in [0.1, 0.15) is 71.8 Å². The summed E-state index contributed by atoms with van der Waals surface area (Å²) in [6.07, 6.45) is 6.60. The number of carbonyl (C=O) groups is 1. The number of hydrogen-bond donors (Lipinski definition) is 1. The predicted octanol–water partition coefficient (Wildman–Crippen LogP) is 10.2. The van der Waals surface area contributed by atoms with Crippen molar-refractivity contribution in [2.45, 2.75) is 89.6 Å². The first-order valence-electron chi connectivity index (χ1n) is 25.3. The number of aryl methyl sites for hydroxylation is 1. The highest BCUT2D eigenvalue weighted by atomic mass is 35.5. The Labute approximate surface area is 439 Å². The van der Waals surface area contributed by atoms with E-state index in [0.717, 1.165) is 73.8 Å². The number of carboxylic acids is 1. The number of ether oxygens (including phenoxy) is 6. The molecular weight excluding hydrogens is 995 g/mol. The van der Waals surface area contributed by atoms with Gasteiger partial charge in [0.05, 0.1) is 47.6 Å². The van der Waals surface area contributed by atoms with Crippen molar-refractivity contribution in [2.75, 3.05) is 72.8 Å². The Balaban J connectivity index is 0.968. The first-order valence-corrected chi connectivity index (χ1v) is 26.8. The summed E-state index contributed by atoms with van der Waals surface area (Å²) in [6.45, 7) is 11.4. The maximum Gasteiger partial charge on any atom is 0.345 e. The Morgan fingerprint density at radius 2 is 1.67 bits per heavy atom. The average molecular weight is 1060 g/mol. The van der Waals surface area contributed by atoms with Crippen LogP contribution in [0.15, 0.2) is 61.1 Å². The van der Waals surface area contributed by atoms with Crippen molar-refractivity contribution >= 4 is 50.7 Å². The number of likely N-dealkylation sites (N-methyl/N-ethyl adjacent to an activating group) is 1. The molecule has 0 radical (unpaired) electrons. The van der Waals surface area contributed by atoms with E-state index < -0.39 is 12.1 Å². The fraction of sp³-hybridized carbons (Fsp3) is 0.473. The van der Waals surface area contributed by atoms with Crippen LogP contribution in [-0.2, 0) is 38.5 Å². The number of nitrogens with zero attached hydrogens (tertiary/aromatic N) is 6. The van der Waals surface area contributed by atoms with Crippen molar-refractivity contribution < 1.29 is 42.7 Å². The van der Waals surface area contributed by atoms with Gasteiger partial charge in [-0.05, 0) is 123 Å². The molecule has 0 amide bonds. The van der Waals surface area contributed by atoms with E-state index in [1.807, 2.05) is 38.1 Å². The number of halogens is 3. The normalized spacial score (nSPS) is 22.1. The van der Waals surface area contributed by atoms with Gasteiger partial charge >= 0.3 is 5.97 Å². The highest BCUT2D eigenvalue weighted by molar-refractivity contribution is 7.22. The van der Waals surface area contributed by atoms with Crippen LogP contribution in [0, 0.1) is 25.6 Å². The highest BCUT2D eigenvalue weighted by Crippen LogP contribution is 2.53. The molecule has 1 N–H and O–H groups in total. The molecule has 0 spiro atoms. The molecule has 3 fully saturated rings. The average Bonchev–Trinajstić information content (AvgIpc) is 3.79. The molecule has 1 saturated carbocycles. The second kappa shape index (κ2) is 23.2. The van der Waals surface area contributed by atoms with E-state index in [0.29, 0.717) is 123 Å². The Hall–Kier alpha value is -5.04. The molecule has 4 bridgehead atoms. The van der Waals surface area contributed by atoms with Crippen LogP contribution in [0.25, 0.3) is 31.8 Å². The second-order valence-electron chi connectivity index (χ2n) is 19.7. The Morgan fingerprint density at radius 1 is 0.890 bits per heavy atom. The molecule has 7 heterocycles. The van der Waals surface area contributed by atoms with Crippen molar-refractivity contribution in [3.8, 4) is 38.9 Å². The Bertz CT molecular complexity index is 2880. The minimum absolute atomic E-state index is 0.00203. The number of aliphatic carboxylic acids is 1. The minimum atomic E-state index is -1.40. The molecule has 5 aliphatic rings. The summed E-state index contributed by atoms with van der Waals surface area (Å²) in [6, 6.07) is 14.0. The first-order chi connectivity index (χ1) is 35.4. The quantitative estimate of drug-likeness (QED) is 0.124. The molecule has 0 unspecified atom stereocenters. The summed E-state index contributed by atoms with van der Waals surface area (Å²) in [7, 11) is 2.13. The van der Waals surface area contributed by atoms with Gasteiger partial charge in [0.15, 0.2) is 5.75 Å². The van der Waals surface area contributed by atoms with Crippen molar-refractivity contribution in [3.05, 3.63) is 111 Å². The van der Waals surface area contributed by atoms with E-state index in [-0.39, 0.29) is 42.9 Å². The highest BCUT2D eigenvalue weighted by Gasteiger charge is 2.33. The third kappa shape index (κ3) is 11.9. The molecule has 386 valence electrons. The van der Waals surface area contributed by atoms with Gasteiger partial charge in [0.2, 0.25) is 12.0 Å². The van der Waals surface area contributed by atoms with Crippen LogP contribution in [0.4, 0.5) is 4.39 Å². The van der Waals surface area contributed by atoms with Crippen molar-refractivity contribution in [1.82, 2.24) is 29.7 Å². The van der Waals surface area contributed by atoms with E-state index in [9.17, 15) is 14.3 Å². The number of hydrogen-bond acceptors (Lipinski definition) is 14. The van der Waals surface area contributed by atoms with Crippen LogP contribution in [-0.4, -0.2) is 132 Å². The fourth-order valence-corrected chi connectivity index (χ4v) is 12.1. The van der Waals surface area contributed by atoms with E-state index >= 15 is 0 Å². The molecule has 3 atom stereocenters. The number of thiophene rings is 1. The van der Waals surface area contributed by atoms with Gasteiger partial charge in [0, 0.05) is 68.3 Å². The van der Waals surface area contributed by atoms with Crippen LogP contribution >= 0.6 is 34.5 Å². The lowest BCUT2D eigenvalue weighted by molar-refractivity contribution is -0.145. The number of aromatic nitrogens is 4. The second-order valence-corrected chi connectivity index (χ2v) is 21.5. The maximum atomic E-state index is 14.4. The monoisotopic (exact) mass is 1050 g/mol. The van der Waals surface area contributed by atoms with Gasteiger partial charge in [0.25, 0.3) is 0 Å². The maximum absolute atomic E-state index is 14.4. The summed E-state index contributed by atoms with van der Waals surface area (Å²) < 4.78 is 51.9. The molecule has 11 rings (SSSR count). The Morgan fingerprint density at radius 3 is 2.41 bits per heavy atom. The van der Waals surface area contributed by atoms with E-state index in [4.69, 9.17) is 61.6 Å². The van der Waals surface area contributed by atoms with Crippen molar-refractivity contribution in [1.29, 1.82) is 0 Å². The summed E-state index contributed by atoms with van der Waals surface area (Å²) >= 11 is 16.1. The molecule has 73 heavy (non-hydrogen) atoms. The first kappa shape index (κ1) is 51.4. The largest absolute Gasteiger partial charge is 0.487 e. The fourth-order valence-electron chi connectivity index (χ4n) is 10.5. The molecular formula is C55H61Cl2FN6O8S. The summed E-state index contributed by atoms with van der Waals surface area (Å²) in [5.74, 6) is 0.914. The third-order valence-electron chi connectivity index (χ3n) is 14.6. The number of rotatable bonds is 12. The third-order valence-corrected chi connectivity index (χ3v) is 16.7. The van der Waals surface area contributed by atoms with Crippen LogP contribution in [0.5, 0.6) is 17.4 Å². The summed E-state index contributed by atoms with van der Waals surface area (Å²) in [4.78, 5) is 38.4. The van der Waals surface area contributed by atoms with Crippen LogP contribution < -0.4 is 14.2 Å². The molecule has 2 saturated heterocycles. The van der Waals surface area contributed by atoms with Crippen molar-refractivity contribution in [2.24, 2.45) is 5.92 Å². The lowest BCUT2D eigenvalue weighted by Gasteiger charge is -2.35. The zero-order valence-electron chi connectivity index (χ0n) is 41.4. The number of benzene rings is 3. The van der Waals surface area contributed by atoms with Gasteiger partial charge in [-0.3, -0.25) is 4.90 Å². The molecule has 3 aromatic carbocycles. The smallest absolute Gasteiger partial charge is 0.345 e. The predicted molar refractivity (Wildman–Crippen MR) is 279 cm³/mol. The Kier molecular flexibility index (Phi) is 16.4. The van der Waals surface area contributed by atoms with Gasteiger partial charge in [0.1, 0.15) is 47.4 Å². The molecule has 6 aromatic rings. The molecule has 4 aliphatic heterocycles. The standard InChI is InChI=1S/C55H61Cl2FN6O8S/c1-32-45-33(2)49(57)50(48(32)56)71-41(26-64-20-18-63(3)19-21-64)14-6-34-7-15-43(70-28-40-16-17-59-52(62-40)37-8-4-35(5-9-37)27-68-30-42-29-67-22-23-69-42)38(24-34)25-44(55(65)66)72-53-47-46(45)51(73-54(47)61-31-60-53)36-10-12-39(58)13-11-36/h7,10-13,15-17,24,31,35,37,41-42,44H,4-6,8-9,14,18-23,25-30H2,1-3H3,(H,65,66)/t35-,37-,41-,42-,44+/m0/s1. The number of fused-ring (bicyclic) bond motifs is 7. The minimum Gasteiger partial charge on any atom is -0.487 e.